The number of nitrogens with one attached hydrogen (secondary N) is 1. The van der Waals surface area contributed by atoms with E-state index in [1.54, 1.807) is 16.3 Å². The molecule has 0 bridgehead atoms. The van der Waals surface area contributed by atoms with E-state index in [0.29, 0.717) is 6.54 Å². The molecule has 1 amide bonds. The molecule has 0 atom stereocenters. The van der Waals surface area contributed by atoms with Gasteiger partial charge in [0.05, 0.1) is 6.54 Å². The molecule has 1 aliphatic rings. The highest BCUT2D eigenvalue weighted by molar-refractivity contribution is 7.98. The van der Waals surface area contributed by atoms with Crippen molar-refractivity contribution >= 4 is 34.8 Å². The number of aromatic nitrogens is 4. The van der Waals surface area contributed by atoms with Crippen LogP contribution < -0.4 is 10.2 Å². The van der Waals surface area contributed by atoms with Crippen LogP contribution in [0.4, 0.5) is 11.5 Å². The number of amides is 1. The molecule has 9 heteroatoms. The summed E-state index contributed by atoms with van der Waals surface area (Å²) < 4.78 is 1.76. The number of benzene rings is 1. The molecule has 0 unspecified atom stereocenters. The Kier molecular flexibility index (Phi) is 5.45. The van der Waals surface area contributed by atoms with E-state index in [2.05, 4.69) is 30.4 Å². The number of fused-ring (bicyclic) bond motifs is 1. The zero-order valence-corrected chi connectivity index (χ0v) is 16.8. The third-order valence-electron chi connectivity index (χ3n) is 4.82. The summed E-state index contributed by atoms with van der Waals surface area (Å²) in [5.41, 5.74) is 1.60. The highest BCUT2D eigenvalue weighted by Gasteiger charge is 2.20. The molecule has 1 N–H and O–H groups in total. The van der Waals surface area contributed by atoms with Gasteiger partial charge in [0, 0.05) is 36.8 Å². The number of piperazine rings is 1. The maximum absolute atomic E-state index is 12.4. The minimum Gasteiger partial charge on any atom is -0.353 e. The average Bonchev–Trinajstić information content (AvgIpc) is 3.09. The first-order chi connectivity index (χ1) is 13.6. The van der Waals surface area contributed by atoms with E-state index in [9.17, 15) is 4.79 Å². The van der Waals surface area contributed by atoms with Crippen molar-refractivity contribution in [3.05, 3.63) is 42.2 Å². The van der Waals surface area contributed by atoms with Crippen molar-refractivity contribution < 1.29 is 4.79 Å². The van der Waals surface area contributed by atoms with E-state index in [1.165, 1.54) is 0 Å². The SMILES string of the molecule is CSc1cccc(NC(=O)CN2CCN(c3ccc4nnc(C)n4n3)CC2)c1. The first kappa shape index (κ1) is 18.7. The Bertz CT molecular complexity index is 981. The lowest BCUT2D eigenvalue weighted by Crippen LogP contribution is -2.49. The maximum Gasteiger partial charge on any atom is 0.238 e. The van der Waals surface area contributed by atoms with Gasteiger partial charge in [0.25, 0.3) is 0 Å². The number of hydrogen-bond donors (Lipinski definition) is 1. The van der Waals surface area contributed by atoms with Crippen LogP contribution in [0.5, 0.6) is 0 Å². The van der Waals surface area contributed by atoms with Crippen molar-refractivity contribution in [2.24, 2.45) is 0 Å². The van der Waals surface area contributed by atoms with Gasteiger partial charge in [-0.25, -0.2) is 0 Å². The maximum atomic E-state index is 12.4. The van der Waals surface area contributed by atoms with Crippen molar-refractivity contribution in [3.63, 3.8) is 0 Å². The van der Waals surface area contributed by atoms with Gasteiger partial charge < -0.3 is 10.2 Å². The fraction of sp³-hybridized carbons (Fsp3) is 0.368. The molecule has 0 aliphatic carbocycles. The summed E-state index contributed by atoms with van der Waals surface area (Å²) in [6, 6.07) is 11.8. The molecule has 1 fully saturated rings. The van der Waals surface area contributed by atoms with E-state index in [1.807, 2.05) is 49.6 Å². The fourth-order valence-electron chi connectivity index (χ4n) is 3.29. The number of thioether (sulfide) groups is 1. The van der Waals surface area contributed by atoms with E-state index in [-0.39, 0.29) is 5.91 Å². The number of carbonyl (C=O) groups is 1. The van der Waals surface area contributed by atoms with Crippen molar-refractivity contribution in [1.29, 1.82) is 0 Å². The van der Waals surface area contributed by atoms with Crippen LogP contribution in [0.25, 0.3) is 5.65 Å². The van der Waals surface area contributed by atoms with Gasteiger partial charge in [-0.05, 0) is 43.5 Å². The number of nitrogens with zero attached hydrogens (tertiary/aromatic N) is 6. The first-order valence-electron chi connectivity index (χ1n) is 9.22. The van der Waals surface area contributed by atoms with Crippen molar-refractivity contribution in [1.82, 2.24) is 24.7 Å². The van der Waals surface area contributed by atoms with Gasteiger partial charge in [-0.3, -0.25) is 9.69 Å². The Hall–Kier alpha value is -2.65. The molecule has 3 heterocycles. The Labute approximate surface area is 167 Å². The van der Waals surface area contributed by atoms with Gasteiger partial charge in [-0.1, -0.05) is 6.07 Å². The molecule has 28 heavy (non-hydrogen) atoms. The Morgan fingerprint density at radius 2 is 1.96 bits per heavy atom. The summed E-state index contributed by atoms with van der Waals surface area (Å²) in [6.07, 6.45) is 2.03. The van der Waals surface area contributed by atoms with Gasteiger partial charge in [0.15, 0.2) is 11.5 Å². The quantitative estimate of drug-likeness (QED) is 0.659. The standard InChI is InChI=1S/C19H23N7OS/c1-14-21-22-17-6-7-18(23-26(14)17)25-10-8-24(9-11-25)13-19(27)20-15-4-3-5-16(12-15)28-2/h3-7,12H,8-11,13H2,1-2H3,(H,20,27). The second kappa shape index (κ2) is 8.15. The number of carbonyl (C=O) groups excluding carboxylic acids is 1. The number of aryl methyl sites for hydroxylation is 1. The second-order valence-corrected chi connectivity index (χ2v) is 7.63. The monoisotopic (exact) mass is 397 g/mol. The van der Waals surface area contributed by atoms with Gasteiger partial charge in [-0.2, -0.15) is 4.52 Å². The van der Waals surface area contributed by atoms with E-state index >= 15 is 0 Å². The highest BCUT2D eigenvalue weighted by atomic mass is 32.2. The molecular weight excluding hydrogens is 374 g/mol. The Morgan fingerprint density at radius 1 is 1.14 bits per heavy atom. The Morgan fingerprint density at radius 3 is 2.75 bits per heavy atom. The topological polar surface area (TPSA) is 78.7 Å². The predicted molar refractivity (Wildman–Crippen MR) is 111 cm³/mol. The van der Waals surface area contributed by atoms with Crippen molar-refractivity contribution in [3.8, 4) is 0 Å². The van der Waals surface area contributed by atoms with Gasteiger partial charge in [0.1, 0.15) is 5.82 Å². The molecule has 3 aromatic rings. The third kappa shape index (κ3) is 4.10. The highest BCUT2D eigenvalue weighted by Crippen LogP contribution is 2.19. The van der Waals surface area contributed by atoms with Crippen molar-refractivity contribution in [2.75, 3.05) is 49.2 Å². The van der Waals surface area contributed by atoms with E-state index < -0.39 is 0 Å². The lowest BCUT2D eigenvalue weighted by molar-refractivity contribution is -0.117. The third-order valence-corrected chi connectivity index (χ3v) is 5.55. The molecule has 0 spiro atoms. The Balaban J connectivity index is 1.32. The fourth-order valence-corrected chi connectivity index (χ4v) is 3.75. The summed E-state index contributed by atoms with van der Waals surface area (Å²) in [4.78, 5) is 17.9. The van der Waals surface area contributed by atoms with Crippen LogP contribution >= 0.6 is 11.8 Å². The van der Waals surface area contributed by atoms with Crippen LogP contribution in [-0.4, -0.2) is 69.6 Å². The minimum atomic E-state index is 0.0198. The predicted octanol–water partition coefficient (Wildman–Crippen LogP) is 1.92. The van der Waals surface area contributed by atoms with Crippen LogP contribution in [0, 0.1) is 6.92 Å². The van der Waals surface area contributed by atoms with Crippen LogP contribution in [0.3, 0.4) is 0 Å². The summed E-state index contributed by atoms with van der Waals surface area (Å²) in [6.45, 7) is 5.58. The van der Waals surface area contributed by atoms with Gasteiger partial charge in [0.2, 0.25) is 5.91 Å². The number of anilines is 2. The van der Waals surface area contributed by atoms with Crippen molar-refractivity contribution in [2.45, 2.75) is 11.8 Å². The van der Waals surface area contributed by atoms with Gasteiger partial charge >= 0.3 is 0 Å². The number of rotatable bonds is 5. The van der Waals surface area contributed by atoms with Gasteiger partial charge in [-0.15, -0.1) is 27.1 Å². The molecule has 2 aromatic heterocycles. The first-order valence-corrected chi connectivity index (χ1v) is 10.4. The normalized spacial score (nSPS) is 15.1. The summed E-state index contributed by atoms with van der Waals surface area (Å²) in [5, 5.41) is 15.7. The van der Waals surface area contributed by atoms with Crippen LogP contribution in [-0.2, 0) is 4.79 Å². The second-order valence-electron chi connectivity index (χ2n) is 6.75. The summed E-state index contributed by atoms with van der Waals surface area (Å²) in [7, 11) is 0. The molecule has 4 rings (SSSR count). The smallest absolute Gasteiger partial charge is 0.238 e. The molecule has 8 nitrogen and oxygen atoms in total. The summed E-state index contributed by atoms with van der Waals surface area (Å²) >= 11 is 1.66. The minimum absolute atomic E-state index is 0.0198. The summed E-state index contributed by atoms with van der Waals surface area (Å²) in [5.74, 6) is 1.71. The molecular formula is C19H23N7OS. The zero-order chi connectivity index (χ0) is 19.5. The zero-order valence-electron chi connectivity index (χ0n) is 16.0. The van der Waals surface area contributed by atoms with Crippen LogP contribution in [0.15, 0.2) is 41.3 Å². The molecule has 146 valence electrons. The molecule has 1 aromatic carbocycles. The van der Waals surface area contributed by atoms with Crippen LogP contribution in [0.2, 0.25) is 0 Å². The lowest BCUT2D eigenvalue weighted by atomic mass is 10.3. The average molecular weight is 398 g/mol. The van der Waals surface area contributed by atoms with E-state index in [0.717, 1.165) is 54.1 Å². The molecule has 1 aliphatic heterocycles. The lowest BCUT2D eigenvalue weighted by Gasteiger charge is -2.34. The largest absolute Gasteiger partial charge is 0.353 e. The molecule has 0 saturated carbocycles. The molecule has 0 radical (unpaired) electrons. The molecule has 1 saturated heterocycles. The number of hydrogen-bond acceptors (Lipinski definition) is 7. The van der Waals surface area contributed by atoms with E-state index in [4.69, 9.17) is 0 Å². The van der Waals surface area contributed by atoms with Crippen LogP contribution in [0.1, 0.15) is 5.82 Å².